The quantitative estimate of drug-likeness (QED) is 0.386. The van der Waals surface area contributed by atoms with Crippen LogP contribution in [0.15, 0.2) is 72.8 Å². The summed E-state index contributed by atoms with van der Waals surface area (Å²) in [6.07, 6.45) is 1.05. The second-order valence-corrected chi connectivity index (χ2v) is 12.7. The number of hydrogen-bond acceptors (Lipinski definition) is 4. The Labute approximate surface area is 234 Å². The van der Waals surface area contributed by atoms with Gasteiger partial charge in [-0.15, -0.1) is 0 Å². The minimum Gasteiger partial charge on any atom is -0.350 e. The molecule has 0 aromatic heterocycles. The van der Waals surface area contributed by atoms with E-state index in [1.54, 1.807) is 0 Å². The lowest BCUT2D eigenvalue weighted by Gasteiger charge is -2.35. The first-order valence-electron chi connectivity index (χ1n) is 12.8. The van der Waals surface area contributed by atoms with Gasteiger partial charge in [-0.05, 0) is 51.0 Å². The van der Waals surface area contributed by atoms with Crippen molar-refractivity contribution in [3.8, 4) is 0 Å². The minimum absolute atomic E-state index is 0.0188. The van der Waals surface area contributed by atoms with Gasteiger partial charge < -0.3 is 10.2 Å². The number of sulfonamides is 1. The first kappa shape index (κ1) is 30.7. The highest BCUT2D eigenvalue weighted by atomic mass is 32.2. The van der Waals surface area contributed by atoms with Gasteiger partial charge in [-0.2, -0.15) is 0 Å². The molecule has 0 saturated carbocycles. The molecule has 0 spiro atoms. The molecule has 214 valence electrons. The zero-order valence-electron chi connectivity index (χ0n) is 23.3. The maximum Gasteiger partial charge on any atom is 0.244 e. The number of amides is 2. The van der Waals surface area contributed by atoms with Crippen LogP contribution in [0, 0.1) is 18.6 Å². The Kier molecular flexibility index (Phi) is 9.68. The zero-order chi connectivity index (χ0) is 29.7. The summed E-state index contributed by atoms with van der Waals surface area (Å²) in [5.41, 5.74) is 1.69. The van der Waals surface area contributed by atoms with Gasteiger partial charge in [0.15, 0.2) is 11.6 Å². The lowest BCUT2D eigenvalue weighted by atomic mass is 10.0. The van der Waals surface area contributed by atoms with E-state index >= 15 is 0 Å². The first-order chi connectivity index (χ1) is 18.6. The molecule has 0 radical (unpaired) electrons. The summed E-state index contributed by atoms with van der Waals surface area (Å²) in [5, 5.41) is 2.95. The van der Waals surface area contributed by atoms with Crippen molar-refractivity contribution in [3.63, 3.8) is 0 Å². The van der Waals surface area contributed by atoms with Gasteiger partial charge in [0.2, 0.25) is 21.8 Å². The second-order valence-electron chi connectivity index (χ2n) is 10.8. The fourth-order valence-corrected chi connectivity index (χ4v) is 5.11. The molecule has 3 rings (SSSR count). The van der Waals surface area contributed by atoms with Gasteiger partial charge in [0, 0.05) is 24.6 Å². The molecule has 1 N–H and O–H groups in total. The molecule has 0 fully saturated rings. The van der Waals surface area contributed by atoms with Crippen molar-refractivity contribution < 1.29 is 26.8 Å². The minimum atomic E-state index is -4.09. The van der Waals surface area contributed by atoms with Gasteiger partial charge in [0.25, 0.3) is 0 Å². The van der Waals surface area contributed by atoms with E-state index < -0.39 is 51.6 Å². The molecule has 0 aliphatic heterocycles. The summed E-state index contributed by atoms with van der Waals surface area (Å²) >= 11 is 0. The maximum atomic E-state index is 14.0. The summed E-state index contributed by atoms with van der Waals surface area (Å²) in [4.78, 5) is 29.0. The van der Waals surface area contributed by atoms with E-state index in [0.29, 0.717) is 4.31 Å². The van der Waals surface area contributed by atoms with Crippen LogP contribution in [0.4, 0.5) is 14.5 Å². The van der Waals surface area contributed by atoms with E-state index in [2.05, 4.69) is 5.32 Å². The monoisotopic (exact) mass is 571 g/mol. The van der Waals surface area contributed by atoms with Crippen LogP contribution in [0.5, 0.6) is 0 Å². The van der Waals surface area contributed by atoms with Crippen LogP contribution in [0.25, 0.3) is 0 Å². The van der Waals surface area contributed by atoms with Crippen LogP contribution < -0.4 is 9.62 Å². The SMILES string of the molecule is Cc1cccc(CN(C(=O)CN(c2ccc(F)c(F)c2)S(C)(=O)=O)[C@H](Cc2ccccc2)C(=O)NC(C)(C)C)c1. The molecule has 0 bridgehead atoms. The molecular formula is C30H35F2N3O4S. The number of rotatable bonds is 10. The Bertz CT molecular complexity index is 1460. The predicted molar refractivity (Wildman–Crippen MR) is 152 cm³/mol. The normalized spacial score (nSPS) is 12.5. The summed E-state index contributed by atoms with van der Waals surface area (Å²) in [6.45, 7) is 6.68. The fraction of sp³-hybridized carbons (Fsp3) is 0.333. The van der Waals surface area contributed by atoms with E-state index in [1.165, 1.54) is 4.90 Å². The smallest absolute Gasteiger partial charge is 0.244 e. The van der Waals surface area contributed by atoms with Crippen LogP contribution in [-0.4, -0.2) is 49.5 Å². The van der Waals surface area contributed by atoms with Crippen molar-refractivity contribution in [3.05, 3.63) is 101 Å². The number of halogens is 2. The van der Waals surface area contributed by atoms with E-state index in [1.807, 2.05) is 82.3 Å². The molecule has 3 aromatic rings. The number of carbonyl (C=O) groups excluding carboxylic acids is 2. The number of hydrogen-bond donors (Lipinski definition) is 1. The maximum absolute atomic E-state index is 14.0. The molecule has 2 amide bonds. The number of nitrogens with zero attached hydrogens (tertiary/aromatic N) is 2. The van der Waals surface area contributed by atoms with Crippen molar-refractivity contribution in [2.45, 2.75) is 52.2 Å². The third-order valence-electron chi connectivity index (χ3n) is 6.08. The van der Waals surface area contributed by atoms with Crippen molar-refractivity contribution in [2.75, 3.05) is 17.1 Å². The molecule has 7 nitrogen and oxygen atoms in total. The second kappa shape index (κ2) is 12.6. The molecule has 0 aliphatic carbocycles. The lowest BCUT2D eigenvalue weighted by molar-refractivity contribution is -0.140. The number of carbonyl (C=O) groups is 2. The number of aryl methyl sites for hydroxylation is 1. The number of anilines is 1. The Balaban J connectivity index is 2.09. The average Bonchev–Trinajstić information content (AvgIpc) is 2.85. The van der Waals surface area contributed by atoms with E-state index in [0.717, 1.165) is 41.1 Å². The summed E-state index contributed by atoms with van der Waals surface area (Å²) in [6, 6.07) is 18.2. The summed E-state index contributed by atoms with van der Waals surface area (Å²) in [5.74, 6) is -3.48. The number of benzene rings is 3. The summed E-state index contributed by atoms with van der Waals surface area (Å²) < 4.78 is 53.8. The third kappa shape index (κ3) is 8.61. The van der Waals surface area contributed by atoms with Gasteiger partial charge in [-0.3, -0.25) is 13.9 Å². The predicted octanol–water partition coefficient (Wildman–Crippen LogP) is 4.59. The van der Waals surface area contributed by atoms with Crippen LogP contribution in [0.3, 0.4) is 0 Å². The molecule has 10 heteroatoms. The van der Waals surface area contributed by atoms with Gasteiger partial charge >= 0.3 is 0 Å². The molecule has 3 aromatic carbocycles. The van der Waals surface area contributed by atoms with Crippen LogP contribution in [0.1, 0.15) is 37.5 Å². The standard InChI is InChI=1S/C30H35F2N3O4S/c1-21-10-9-13-23(16-21)19-34(27(29(37)33-30(2,3)4)17-22-11-7-6-8-12-22)28(36)20-35(40(5,38)39)24-14-15-25(31)26(32)18-24/h6-16,18,27H,17,19-20H2,1-5H3,(H,33,37)/t27-/m1/s1. The Morgan fingerprint density at radius 1 is 0.900 bits per heavy atom. The van der Waals surface area contributed by atoms with Crippen LogP contribution in [0.2, 0.25) is 0 Å². The molecular weight excluding hydrogens is 536 g/mol. The zero-order valence-corrected chi connectivity index (χ0v) is 24.1. The van der Waals surface area contributed by atoms with E-state index in [9.17, 15) is 26.8 Å². The highest BCUT2D eigenvalue weighted by molar-refractivity contribution is 7.92. The summed E-state index contributed by atoms with van der Waals surface area (Å²) in [7, 11) is -4.09. The Morgan fingerprint density at radius 3 is 2.12 bits per heavy atom. The largest absolute Gasteiger partial charge is 0.350 e. The van der Waals surface area contributed by atoms with Gasteiger partial charge in [-0.25, -0.2) is 17.2 Å². The van der Waals surface area contributed by atoms with Gasteiger partial charge in [0.05, 0.1) is 11.9 Å². The third-order valence-corrected chi connectivity index (χ3v) is 7.22. The van der Waals surface area contributed by atoms with Gasteiger partial charge in [0.1, 0.15) is 12.6 Å². The highest BCUT2D eigenvalue weighted by Crippen LogP contribution is 2.23. The van der Waals surface area contributed by atoms with E-state index in [-0.39, 0.29) is 18.7 Å². The molecule has 0 saturated heterocycles. The Hall–Kier alpha value is -3.79. The van der Waals surface area contributed by atoms with E-state index in [4.69, 9.17) is 0 Å². The number of nitrogens with one attached hydrogen (secondary N) is 1. The lowest BCUT2D eigenvalue weighted by Crippen LogP contribution is -2.56. The van der Waals surface area contributed by atoms with Crippen LogP contribution >= 0.6 is 0 Å². The molecule has 40 heavy (non-hydrogen) atoms. The molecule has 0 unspecified atom stereocenters. The topological polar surface area (TPSA) is 86.8 Å². The Morgan fingerprint density at radius 2 is 1.55 bits per heavy atom. The van der Waals surface area contributed by atoms with Crippen LogP contribution in [-0.2, 0) is 32.6 Å². The van der Waals surface area contributed by atoms with Crippen molar-refractivity contribution in [1.82, 2.24) is 10.2 Å². The molecule has 0 heterocycles. The van der Waals surface area contributed by atoms with Crippen molar-refractivity contribution in [2.24, 2.45) is 0 Å². The highest BCUT2D eigenvalue weighted by Gasteiger charge is 2.34. The van der Waals surface area contributed by atoms with Crippen molar-refractivity contribution >= 4 is 27.5 Å². The van der Waals surface area contributed by atoms with Crippen molar-refractivity contribution in [1.29, 1.82) is 0 Å². The fourth-order valence-electron chi connectivity index (χ4n) is 4.27. The average molecular weight is 572 g/mol. The molecule has 1 atom stereocenters. The first-order valence-corrected chi connectivity index (χ1v) is 14.6. The van der Waals surface area contributed by atoms with Gasteiger partial charge in [-0.1, -0.05) is 60.2 Å². The molecule has 0 aliphatic rings.